The molecule has 0 radical (unpaired) electrons. The Kier molecular flexibility index (Phi) is 8.82. The van der Waals surface area contributed by atoms with Crippen LogP contribution in [0.2, 0.25) is 0 Å². The maximum atomic E-state index is 13.0. The number of unbranched alkanes of at least 4 members (excludes halogenated alkanes) is 1. The number of carbonyl (C=O) groups is 2. The van der Waals surface area contributed by atoms with Gasteiger partial charge in [0.15, 0.2) is 0 Å². The molecule has 3 fully saturated rings. The molecular weight excluding hydrogens is 410 g/mol. The molecule has 0 aromatic heterocycles. The molecule has 2 amide bonds. The van der Waals surface area contributed by atoms with Crippen molar-refractivity contribution in [2.24, 2.45) is 5.92 Å². The average molecular weight is 454 g/mol. The first-order valence-electron chi connectivity index (χ1n) is 13.6. The molecule has 0 unspecified atom stereocenters. The molecular formula is C28H43N3O2. The lowest BCUT2D eigenvalue weighted by atomic mass is 9.91. The third kappa shape index (κ3) is 6.59. The largest absolute Gasteiger partial charge is 0.353 e. The van der Waals surface area contributed by atoms with Crippen LogP contribution in [0.3, 0.4) is 0 Å². The summed E-state index contributed by atoms with van der Waals surface area (Å²) in [6.07, 6.45) is 13.7. The van der Waals surface area contributed by atoms with Gasteiger partial charge in [0.25, 0.3) is 5.91 Å². The fourth-order valence-corrected chi connectivity index (χ4v) is 5.90. The van der Waals surface area contributed by atoms with Crippen LogP contribution in [0.15, 0.2) is 24.3 Å². The van der Waals surface area contributed by atoms with Crippen LogP contribution >= 0.6 is 0 Å². The van der Waals surface area contributed by atoms with Crippen LogP contribution in [-0.2, 0) is 11.2 Å². The molecule has 182 valence electrons. The van der Waals surface area contributed by atoms with E-state index in [1.54, 1.807) is 0 Å². The van der Waals surface area contributed by atoms with Crippen molar-refractivity contribution >= 4 is 11.8 Å². The molecule has 4 rings (SSSR count). The van der Waals surface area contributed by atoms with Gasteiger partial charge in [-0.2, -0.15) is 0 Å². The van der Waals surface area contributed by atoms with Gasteiger partial charge in [-0.3, -0.25) is 9.59 Å². The Morgan fingerprint density at radius 1 is 0.879 bits per heavy atom. The number of carbonyl (C=O) groups excluding carboxylic acids is 2. The second kappa shape index (κ2) is 12.0. The molecule has 1 aromatic carbocycles. The molecule has 2 saturated heterocycles. The lowest BCUT2D eigenvalue weighted by Crippen LogP contribution is -2.50. The third-order valence-corrected chi connectivity index (χ3v) is 8.14. The number of likely N-dealkylation sites (tertiary alicyclic amines) is 2. The van der Waals surface area contributed by atoms with E-state index in [4.69, 9.17) is 0 Å². The topological polar surface area (TPSA) is 52.7 Å². The Morgan fingerprint density at radius 3 is 2.18 bits per heavy atom. The summed E-state index contributed by atoms with van der Waals surface area (Å²) in [5.41, 5.74) is 2.14. The summed E-state index contributed by atoms with van der Waals surface area (Å²) in [5, 5.41) is 3.33. The number of amides is 2. The van der Waals surface area contributed by atoms with Crippen molar-refractivity contribution in [3.05, 3.63) is 35.4 Å². The van der Waals surface area contributed by atoms with Gasteiger partial charge in [-0.05, 0) is 82.2 Å². The molecule has 5 heteroatoms. The van der Waals surface area contributed by atoms with Crippen LogP contribution in [0, 0.1) is 5.92 Å². The summed E-state index contributed by atoms with van der Waals surface area (Å²) in [5.74, 6) is 0.654. The van der Waals surface area contributed by atoms with Crippen molar-refractivity contribution in [2.75, 3.05) is 26.2 Å². The molecule has 2 aliphatic heterocycles. The van der Waals surface area contributed by atoms with Gasteiger partial charge in [-0.15, -0.1) is 0 Å². The predicted octanol–water partition coefficient (Wildman–Crippen LogP) is 4.79. The molecule has 1 aliphatic carbocycles. The van der Waals surface area contributed by atoms with Crippen LogP contribution in [0.1, 0.15) is 93.5 Å². The smallest absolute Gasteiger partial charge is 0.253 e. The maximum absolute atomic E-state index is 13.0. The van der Waals surface area contributed by atoms with Crippen molar-refractivity contribution < 1.29 is 9.59 Å². The zero-order chi connectivity index (χ0) is 23.0. The Hall–Kier alpha value is -1.88. The average Bonchev–Trinajstić information content (AvgIpc) is 2.88. The van der Waals surface area contributed by atoms with E-state index >= 15 is 0 Å². The predicted molar refractivity (Wildman–Crippen MR) is 133 cm³/mol. The summed E-state index contributed by atoms with van der Waals surface area (Å²) >= 11 is 0. The van der Waals surface area contributed by atoms with Gasteiger partial charge in [0.2, 0.25) is 5.91 Å². The van der Waals surface area contributed by atoms with Gasteiger partial charge >= 0.3 is 0 Å². The van der Waals surface area contributed by atoms with Gasteiger partial charge < -0.3 is 15.1 Å². The van der Waals surface area contributed by atoms with E-state index in [-0.39, 0.29) is 11.8 Å². The number of nitrogens with zero attached hydrogens (tertiary/aromatic N) is 2. The summed E-state index contributed by atoms with van der Waals surface area (Å²) in [4.78, 5) is 30.3. The number of aryl methyl sites for hydroxylation is 1. The van der Waals surface area contributed by atoms with E-state index in [9.17, 15) is 9.59 Å². The minimum atomic E-state index is 0.175. The molecule has 0 atom stereocenters. The van der Waals surface area contributed by atoms with E-state index < -0.39 is 0 Å². The highest BCUT2D eigenvalue weighted by Gasteiger charge is 2.32. The Balaban J connectivity index is 1.18. The van der Waals surface area contributed by atoms with Gasteiger partial charge in [0.05, 0.1) is 0 Å². The number of nitrogens with one attached hydrogen (secondary N) is 1. The van der Waals surface area contributed by atoms with Gasteiger partial charge in [-0.1, -0.05) is 44.7 Å². The van der Waals surface area contributed by atoms with E-state index in [2.05, 4.69) is 29.3 Å². The molecule has 1 N–H and O–H groups in total. The highest BCUT2D eigenvalue weighted by molar-refractivity contribution is 5.94. The van der Waals surface area contributed by atoms with E-state index in [0.29, 0.717) is 18.0 Å². The monoisotopic (exact) mass is 453 g/mol. The van der Waals surface area contributed by atoms with Gasteiger partial charge in [0.1, 0.15) is 0 Å². The maximum Gasteiger partial charge on any atom is 0.253 e. The van der Waals surface area contributed by atoms with Crippen molar-refractivity contribution in [3.8, 4) is 0 Å². The lowest BCUT2D eigenvalue weighted by molar-refractivity contribution is -0.127. The second-order valence-corrected chi connectivity index (χ2v) is 10.5. The van der Waals surface area contributed by atoms with Crippen molar-refractivity contribution in [2.45, 2.75) is 96.1 Å². The zero-order valence-corrected chi connectivity index (χ0v) is 20.6. The minimum Gasteiger partial charge on any atom is -0.353 e. The Morgan fingerprint density at radius 2 is 1.55 bits per heavy atom. The zero-order valence-electron chi connectivity index (χ0n) is 20.6. The summed E-state index contributed by atoms with van der Waals surface area (Å²) in [6, 6.07) is 9.20. The first-order chi connectivity index (χ1) is 16.1. The fourth-order valence-electron chi connectivity index (χ4n) is 5.90. The van der Waals surface area contributed by atoms with Crippen LogP contribution in [-0.4, -0.2) is 59.9 Å². The third-order valence-electron chi connectivity index (χ3n) is 8.14. The van der Waals surface area contributed by atoms with E-state index in [0.717, 1.165) is 76.7 Å². The van der Waals surface area contributed by atoms with E-state index in [1.165, 1.54) is 37.7 Å². The first kappa shape index (κ1) is 24.3. The molecule has 1 aromatic rings. The summed E-state index contributed by atoms with van der Waals surface area (Å²) in [6.45, 7) is 5.91. The van der Waals surface area contributed by atoms with Crippen LogP contribution in [0.25, 0.3) is 0 Å². The molecule has 0 bridgehead atoms. The number of hydrogen-bond acceptors (Lipinski definition) is 3. The van der Waals surface area contributed by atoms with Crippen LogP contribution < -0.4 is 5.32 Å². The van der Waals surface area contributed by atoms with Crippen molar-refractivity contribution in [3.63, 3.8) is 0 Å². The molecule has 3 aliphatic rings. The summed E-state index contributed by atoms with van der Waals surface area (Å²) < 4.78 is 0. The minimum absolute atomic E-state index is 0.175. The fraction of sp³-hybridized carbons (Fsp3) is 0.714. The van der Waals surface area contributed by atoms with Crippen molar-refractivity contribution in [1.82, 2.24) is 15.1 Å². The first-order valence-corrected chi connectivity index (χ1v) is 13.6. The SMILES string of the molecule is CCCCc1ccc(C(=O)N2CCC(N3CCC(C(=O)NC4CCCCC4)CC3)CC2)cc1. The van der Waals surface area contributed by atoms with Crippen LogP contribution in [0.4, 0.5) is 0 Å². The second-order valence-electron chi connectivity index (χ2n) is 10.5. The van der Waals surface area contributed by atoms with Crippen LogP contribution in [0.5, 0.6) is 0 Å². The Labute approximate surface area is 200 Å². The number of rotatable bonds is 7. The summed E-state index contributed by atoms with van der Waals surface area (Å²) in [7, 11) is 0. The van der Waals surface area contributed by atoms with E-state index in [1.807, 2.05) is 17.0 Å². The number of piperidine rings is 2. The van der Waals surface area contributed by atoms with Crippen molar-refractivity contribution in [1.29, 1.82) is 0 Å². The van der Waals surface area contributed by atoms with Gasteiger partial charge in [-0.25, -0.2) is 0 Å². The quantitative estimate of drug-likeness (QED) is 0.646. The molecule has 33 heavy (non-hydrogen) atoms. The number of benzene rings is 1. The number of hydrogen-bond donors (Lipinski definition) is 1. The highest BCUT2D eigenvalue weighted by Crippen LogP contribution is 2.26. The standard InChI is InChI=1S/C28H43N3O2/c1-2-3-7-22-10-12-24(13-11-22)28(33)31-20-16-26(17-21-31)30-18-14-23(15-19-30)27(32)29-25-8-5-4-6-9-25/h10-13,23,25-26H,2-9,14-21H2,1H3,(H,29,32). The molecule has 5 nitrogen and oxygen atoms in total. The normalized spacial score (nSPS) is 21.8. The molecule has 1 saturated carbocycles. The highest BCUT2D eigenvalue weighted by atomic mass is 16.2. The Bertz CT molecular complexity index is 756. The lowest BCUT2D eigenvalue weighted by Gasteiger charge is -2.41. The molecule has 0 spiro atoms. The molecule has 2 heterocycles. The van der Waals surface area contributed by atoms with Gasteiger partial charge in [0, 0.05) is 36.7 Å².